The molecule has 1 atom stereocenters. The van der Waals surface area contributed by atoms with Crippen LogP contribution in [0.1, 0.15) is 44.6 Å². The van der Waals surface area contributed by atoms with E-state index in [-0.39, 0.29) is 5.54 Å². The van der Waals surface area contributed by atoms with Crippen LogP contribution < -0.4 is 5.32 Å². The van der Waals surface area contributed by atoms with E-state index in [9.17, 15) is 0 Å². The molecule has 108 valence electrons. The van der Waals surface area contributed by atoms with Gasteiger partial charge in [0.2, 0.25) is 0 Å². The van der Waals surface area contributed by atoms with Gasteiger partial charge in [-0.25, -0.2) is 9.97 Å². The Morgan fingerprint density at radius 3 is 2.11 bits per heavy atom. The lowest BCUT2D eigenvalue weighted by atomic mass is 10.1. The van der Waals surface area contributed by atoms with Crippen LogP contribution in [0.2, 0.25) is 0 Å². The predicted octanol–water partition coefficient (Wildman–Crippen LogP) is 3.52. The fourth-order valence-corrected chi connectivity index (χ4v) is 2.52. The van der Waals surface area contributed by atoms with Crippen molar-refractivity contribution in [3.63, 3.8) is 0 Å². The number of hydrogen-bond donors (Lipinski definition) is 1. The zero-order valence-electron chi connectivity index (χ0n) is 13.3. The summed E-state index contributed by atoms with van der Waals surface area (Å²) in [6.45, 7) is 16.1. The van der Waals surface area contributed by atoms with Crippen LogP contribution in [0.25, 0.3) is 0 Å². The molecule has 0 aliphatic carbocycles. The van der Waals surface area contributed by atoms with Gasteiger partial charge in [-0.3, -0.25) is 0 Å². The molecule has 0 saturated heterocycles. The summed E-state index contributed by atoms with van der Waals surface area (Å²) in [5, 5.41) is 4.44. The van der Waals surface area contributed by atoms with Crippen LogP contribution in [0.15, 0.2) is 5.16 Å². The Morgan fingerprint density at radius 2 is 1.63 bits per heavy atom. The number of rotatable bonds is 5. The molecule has 1 aromatic heterocycles. The first-order chi connectivity index (χ1) is 8.69. The third kappa shape index (κ3) is 5.91. The fourth-order valence-electron chi connectivity index (χ4n) is 1.56. The van der Waals surface area contributed by atoms with Crippen molar-refractivity contribution in [1.29, 1.82) is 0 Å². The predicted molar refractivity (Wildman–Crippen MR) is 83.9 cm³/mol. The number of hydrogen-bond acceptors (Lipinski definition) is 4. The molecule has 19 heavy (non-hydrogen) atoms. The SMILES string of the molecule is Cc1nc(SCC(C)CNC(C)(C)C)nc(C)c1C. The Balaban J connectivity index is 2.48. The van der Waals surface area contributed by atoms with Crippen LogP contribution in [0, 0.1) is 26.7 Å². The van der Waals surface area contributed by atoms with Gasteiger partial charge in [0.1, 0.15) is 0 Å². The Bertz CT molecular complexity index is 401. The van der Waals surface area contributed by atoms with E-state index in [4.69, 9.17) is 0 Å². The van der Waals surface area contributed by atoms with Gasteiger partial charge in [-0.2, -0.15) is 0 Å². The van der Waals surface area contributed by atoms with E-state index >= 15 is 0 Å². The van der Waals surface area contributed by atoms with Crippen LogP contribution in [0.4, 0.5) is 0 Å². The van der Waals surface area contributed by atoms with E-state index in [1.807, 2.05) is 0 Å². The summed E-state index contributed by atoms with van der Waals surface area (Å²) in [7, 11) is 0. The molecule has 4 heteroatoms. The highest BCUT2D eigenvalue weighted by Gasteiger charge is 2.12. The first kappa shape index (κ1) is 16.4. The minimum Gasteiger partial charge on any atom is -0.312 e. The lowest BCUT2D eigenvalue weighted by Crippen LogP contribution is -2.39. The lowest BCUT2D eigenvalue weighted by Gasteiger charge is -2.23. The zero-order valence-corrected chi connectivity index (χ0v) is 14.1. The maximum absolute atomic E-state index is 4.55. The second kappa shape index (κ2) is 6.71. The van der Waals surface area contributed by atoms with Gasteiger partial charge in [0.25, 0.3) is 0 Å². The maximum Gasteiger partial charge on any atom is 0.188 e. The smallest absolute Gasteiger partial charge is 0.188 e. The Labute approximate surface area is 122 Å². The Hall–Kier alpha value is -0.610. The van der Waals surface area contributed by atoms with Gasteiger partial charge in [-0.15, -0.1) is 0 Å². The van der Waals surface area contributed by atoms with Crippen LogP contribution in [-0.4, -0.2) is 27.8 Å². The van der Waals surface area contributed by atoms with E-state index in [1.165, 1.54) is 5.56 Å². The summed E-state index contributed by atoms with van der Waals surface area (Å²) < 4.78 is 0. The minimum atomic E-state index is 0.187. The fraction of sp³-hybridized carbons (Fsp3) is 0.733. The molecular weight excluding hydrogens is 254 g/mol. The van der Waals surface area contributed by atoms with Gasteiger partial charge < -0.3 is 5.32 Å². The summed E-state index contributed by atoms with van der Waals surface area (Å²) in [5.74, 6) is 1.65. The molecule has 3 nitrogen and oxygen atoms in total. The van der Waals surface area contributed by atoms with Crippen molar-refractivity contribution in [1.82, 2.24) is 15.3 Å². The van der Waals surface area contributed by atoms with E-state index in [1.54, 1.807) is 11.8 Å². The van der Waals surface area contributed by atoms with Gasteiger partial charge in [-0.05, 0) is 59.6 Å². The van der Waals surface area contributed by atoms with E-state index in [0.717, 1.165) is 28.8 Å². The van der Waals surface area contributed by atoms with Crippen molar-refractivity contribution in [3.8, 4) is 0 Å². The summed E-state index contributed by atoms with van der Waals surface area (Å²) in [6, 6.07) is 0. The van der Waals surface area contributed by atoms with E-state index < -0.39 is 0 Å². The van der Waals surface area contributed by atoms with Crippen molar-refractivity contribution in [3.05, 3.63) is 17.0 Å². The quantitative estimate of drug-likeness (QED) is 0.662. The average molecular weight is 281 g/mol. The molecule has 0 saturated carbocycles. The monoisotopic (exact) mass is 281 g/mol. The third-order valence-electron chi connectivity index (χ3n) is 3.09. The van der Waals surface area contributed by atoms with Crippen molar-refractivity contribution in [2.45, 2.75) is 59.2 Å². The van der Waals surface area contributed by atoms with Gasteiger partial charge in [-0.1, -0.05) is 18.7 Å². The molecule has 1 N–H and O–H groups in total. The van der Waals surface area contributed by atoms with Gasteiger partial charge >= 0.3 is 0 Å². The highest BCUT2D eigenvalue weighted by Crippen LogP contribution is 2.19. The summed E-state index contributed by atoms with van der Waals surface area (Å²) in [5.41, 5.74) is 3.57. The minimum absolute atomic E-state index is 0.187. The normalized spacial score (nSPS) is 13.6. The van der Waals surface area contributed by atoms with Crippen LogP contribution in [-0.2, 0) is 0 Å². The number of aryl methyl sites for hydroxylation is 2. The number of aromatic nitrogens is 2. The van der Waals surface area contributed by atoms with Gasteiger partial charge in [0.15, 0.2) is 5.16 Å². The standard InChI is InChI=1S/C15H27N3S/c1-10(8-16-15(5,6)7)9-19-14-17-12(3)11(2)13(4)18-14/h10,16H,8-9H2,1-7H3. The second-order valence-corrected chi connectivity index (χ2v) is 7.34. The topological polar surface area (TPSA) is 37.8 Å². The molecule has 1 rings (SSSR count). The number of thioether (sulfide) groups is 1. The third-order valence-corrected chi connectivity index (χ3v) is 4.27. The molecule has 0 spiro atoms. The summed E-state index contributed by atoms with van der Waals surface area (Å²) >= 11 is 1.75. The summed E-state index contributed by atoms with van der Waals surface area (Å²) in [6.07, 6.45) is 0. The number of nitrogens with one attached hydrogen (secondary N) is 1. The molecule has 0 aromatic carbocycles. The van der Waals surface area contributed by atoms with Crippen molar-refractivity contribution < 1.29 is 0 Å². The molecule has 0 bridgehead atoms. The highest BCUT2D eigenvalue weighted by atomic mass is 32.2. The van der Waals surface area contributed by atoms with Gasteiger partial charge in [0, 0.05) is 22.7 Å². The van der Waals surface area contributed by atoms with Crippen molar-refractivity contribution in [2.24, 2.45) is 5.92 Å². The zero-order chi connectivity index (χ0) is 14.6. The maximum atomic E-state index is 4.55. The van der Waals surface area contributed by atoms with Crippen LogP contribution in [0.5, 0.6) is 0 Å². The molecule has 0 fully saturated rings. The second-order valence-electron chi connectivity index (χ2n) is 6.35. The molecule has 0 aliphatic rings. The molecule has 1 heterocycles. The van der Waals surface area contributed by atoms with Gasteiger partial charge in [0.05, 0.1) is 0 Å². The average Bonchev–Trinajstić information content (AvgIpc) is 2.29. The molecular formula is C15H27N3S. The number of nitrogens with zero attached hydrogens (tertiary/aromatic N) is 2. The van der Waals surface area contributed by atoms with Crippen molar-refractivity contribution >= 4 is 11.8 Å². The van der Waals surface area contributed by atoms with Crippen LogP contribution >= 0.6 is 11.8 Å². The largest absolute Gasteiger partial charge is 0.312 e. The van der Waals surface area contributed by atoms with E-state index in [0.29, 0.717) is 5.92 Å². The van der Waals surface area contributed by atoms with Crippen molar-refractivity contribution in [2.75, 3.05) is 12.3 Å². The molecule has 0 aliphatic heterocycles. The van der Waals surface area contributed by atoms with E-state index in [2.05, 4.69) is 63.8 Å². The first-order valence-electron chi connectivity index (χ1n) is 6.88. The Morgan fingerprint density at radius 1 is 1.11 bits per heavy atom. The molecule has 1 aromatic rings. The van der Waals surface area contributed by atoms with Crippen LogP contribution in [0.3, 0.4) is 0 Å². The summed E-state index contributed by atoms with van der Waals surface area (Å²) in [4.78, 5) is 9.09. The Kier molecular flexibility index (Phi) is 5.81. The first-order valence-corrected chi connectivity index (χ1v) is 7.87. The molecule has 1 unspecified atom stereocenters. The molecule has 0 radical (unpaired) electrons. The lowest BCUT2D eigenvalue weighted by molar-refractivity contribution is 0.395. The molecule has 0 amide bonds. The highest BCUT2D eigenvalue weighted by molar-refractivity contribution is 7.99.